The number of hydrogen-bond donors (Lipinski definition) is 0. The van der Waals surface area contributed by atoms with E-state index >= 15 is 0 Å². The van der Waals surface area contributed by atoms with Gasteiger partial charge in [-0.1, -0.05) is 6.07 Å². The molecule has 0 saturated heterocycles. The van der Waals surface area contributed by atoms with Crippen molar-refractivity contribution in [3.63, 3.8) is 0 Å². The Balaban J connectivity index is 3.03. The van der Waals surface area contributed by atoms with E-state index in [0.717, 1.165) is 5.56 Å². The molecule has 1 aromatic heterocycles. The fourth-order valence-corrected chi connectivity index (χ4v) is 0.410. The maximum absolute atomic E-state index is 11.9. The summed E-state index contributed by atoms with van der Waals surface area (Å²) in [5, 5.41) is 0. The van der Waals surface area contributed by atoms with E-state index in [-0.39, 0.29) is 0 Å². The quantitative estimate of drug-likeness (QED) is 0.459. The van der Waals surface area contributed by atoms with Crippen LogP contribution in [0.4, 0.5) is 4.39 Å². The number of aryl methyl sites for hydroxylation is 1. The Morgan fingerprint density at radius 2 is 2.38 bits per heavy atom. The van der Waals surface area contributed by atoms with Crippen molar-refractivity contribution in [2.24, 2.45) is 0 Å². The lowest BCUT2D eigenvalue weighted by Crippen LogP contribution is -1.80. The number of nitrogens with zero attached hydrogens (tertiary/aromatic N) is 1. The molecule has 1 radical (unpaired) electrons. The highest BCUT2D eigenvalue weighted by atomic mass is 19.1. The first-order chi connectivity index (χ1) is 3.79. The van der Waals surface area contributed by atoms with E-state index in [1.165, 1.54) is 6.07 Å². The normalized spacial score (nSPS) is 9.25. The maximum atomic E-state index is 11.9. The predicted molar refractivity (Wildman–Crippen MR) is 27.8 cm³/mol. The largest absolute Gasteiger partial charge is 0.218 e. The van der Waals surface area contributed by atoms with Crippen LogP contribution in [0.5, 0.6) is 0 Å². The van der Waals surface area contributed by atoms with Crippen LogP contribution in [0.3, 0.4) is 0 Å². The van der Waals surface area contributed by atoms with E-state index in [0.29, 0.717) is 0 Å². The Morgan fingerprint density at radius 3 is 2.75 bits per heavy atom. The number of halogens is 1. The first-order valence-corrected chi connectivity index (χ1v) is 2.30. The van der Waals surface area contributed by atoms with Crippen LogP contribution in [0.25, 0.3) is 0 Å². The van der Waals surface area contributed by atoms with Gasteiger partial charge in [-0.25, -0.2) is 4.98 Å². The van der Waals surface area contributed by atoms with E-state index in [9.17, 15) is 4.39 Å². The van der Waals surface area contributed by atoms with Gasteiger partial charge < -0.3 is 0 Å². The zero-order valence-corrected chi connectivity index (χ0v) is 4.48. The van der Waals surface area contributed by atoms with Crippen LogP contribution < -0.4 is 0 Å². The first kappa shape index (κ1) is 5.22. The Morgan fingerprint density at radius 1 is 1.62 bits per heavy atom. The molecule has 0 amide bonds. The molecule has 1 nitrogen and oxygen atoms in total. The van der Waals surface area contributed by atoms with Crippen molar-refractivity contribution in [2.75, 3.05) is 0 Å². The minimum Gasteiger partial charge on any atom is -0.218 e. The van der Waals surface area contributed by atoms with Crippen molar-refractivity contribution >= 4 is 0 Å². The maximum Gasteiger partial charge on any atom is 0.213 e. The van der Waals surface area contributed by atoms with Gasteiger partial charge in [0.1, 0.15) is 0 Å². The van der Waals surface area contributed by atoms with Crippen LogP contribution in [0.15, 0.2) is 12.1 Å². The van der Waals surface area contributed by atoms with Crippen LogP contribution >= 0.6 is 0 Å². The molecule has 0 aliphatic carbocycles. The minimum atomic E-state index is -0.476. The van der Waals surface area contributed by atoms with Gasteiger partial charge in [0.05, 0.1) is 6.20 Å². The molecule has 0 aliphatic heterocycles. The molecule has 8 heavy (non-hydrogen) atoms. The van der Waals surface area contributed by atoms with E-state index in [1.54, 1.807) is 6.07 Å². The van der Waals surface area contributed by atoms with Crippen LogP contribution in [0.2, 0.25) is 0 Å². The Kier molecular flexibility index (Phi) is 1.24. The monoisotopic (exact) mass is 110 g/mol. The smallest absolute Gasteiger partial charge is 0.213 e. The second-order valence-corrected chi connectivity index (χ2v) is 1.56. The van der Waals surface area contributed by atoms with Gasteiger partial charge in [-0.05, 0) is 18.6 Å². The molecular formula is C6H5FN. The molecule has 0 aliphatic rings. The highest BCUT2D eigenvalue weighted by molar-refractivity contribution is 5.04. The number of aromatic nitrogens is 1. The molecule has 0 fully saturated rings. The summed E-state index contributed by atoms with van der Waals surface area (Å²) >= 11 is 0. The third-order valence-electron chi connectivity index (χ3n) is 0.810. The summed E-state index contributed by atoms with van der Waals surface area (Å²) in [4.78, 5) is 3.29. The van der Waals surface area contributed by atoms with Gasteiger partial charge in [-0.2, -0.15) is 4.39 Å². The Bertz CT molecular complexity index is 147. The molecule has 1 aromatic rings. The molecule has 0 spiro atoms. The first-order valence-electron chi connectivity index (χ1n) is 2.30. The lowest BCUT2D eigenvalue weighted by molar-refractivity contribution is 0.582. The summed E-state index contributed by atoms with van der Waals surface area (Å²) in [5.74, 6) is -0.476. The third kappa shape index (κ3) is 1.03. The highest BCUT2D eigenvalue weighted by Crippen LogP contribution is 1.93. The fraction of sp³-hybridized carbons (Fsp3) is 0.167. The van der Waals surface area contributed by atoms with Crippen molar-refractivity contribution < 1.29 is 4.39 Å². The van der Waals surface area contributed by atoms with Crippen molar-refractivity contribution in [1.82, 2.24) is 4.98 Å². The third-order valence-corrected chi connectivity index (χ3v) is 0.810. The van der Waals surface area contributed by atoms with Crippen LogP contribution in [-0.4, -0.2) is 4.98 Å². The van der Waals surface area contributed by atoms with Crippen LogP contribution in [-0.2, 0) is 0 Å². The van der Waals surface area contributed by atoms with Gasteiger partial charge in [-0.3, -0.25) is 0 Å². The summed E-state index contributed by atoms with van der Waals surface area (Å²) in [6.45, 7) is 1.81. The molecule has 0 bridgehead atoms. The topological polar surface area (TPSA) is 12.9 Å². The van der Waals surface area contributed by atoms with Crippen molar-refractivity contribution in [3.8, 4) is 0 Å². The Hall–Kier alpha value is -0.920. The van der Waals surface area contributed by atoms with E-state index < -0.39 is 5.95 Å². The van der Waals surface area contributed by atoms with E-state index in [4.69, 9.17) is 0 Å². The SMILES string of the molecule is Cc1[c]nc(F)cc1. The number of hydrogen-bond acceptors (Lipinski definition) is 1. The summed E-state index contributed by atoms with van der Waals surface area (Å²) in [5.41, 5.74) is 0.853. The van der Waals surface area contributed by atoms with E-state index in [1.807, 2.05) is 6.92 Å². The molecular weight excluding hydrogens is 105 g/mol. The molecule has 1 heterocycles. The van der Waals surface area contributed by atoms with Gasteiger partial charge in [0.15, 0.2) is 0 Å². The fourth-order valence-electron chi connectivity index (χ4n) is 0.410. The summed E-state index contributed by atoms with van der Waals surface area (Å²) in [6.07, 6.45) is 2.47. The van der Waals surface area contributed by atoms with Gasteiger partial charge in [0.2, 0.25) is 5.95 Å². The molecule has 0 unspecified atom stereocenters. The van der Waals surface area contributed by atoms with Crippen molar-refractivity contribution in [1.29, 1.82) is 0 Å². The molecule has 41 valence electrons. The Labute approximate surface area is 47.2 Å². The molecule has 2 heteroatoms. The van der Waals surface area contributed by atoms with E-state index in [2.05, 4.69) is 11.2 Å². The van der Waals surface area contributed by atoms with Crippen molar-refractivity contribution in [3.05, 3.63) is 29.8 Å². The summed E-state index contributed by atoms with van der Waals surface area (Å²) in [7, 11) is 0. The molecule has 0 N–H and O–H groups in total. The number of rotatable bonds is 0. The van der Waals surface area contributed by atoms with Crippen LogP contribution in [0, 0.1) is 19.1 Å². The minimum absolute atomic E-state index is 0.476. The lowest BCUT2D eigenvalue weighted by atomic mass is 10.3. The zero-order valence-electron chi connectivity index (χ0n) is 4.48. The average molecular weight is 110 g/mol. The van der Waals surface area contributed by atoms with Gasteiger partial charge >= 0.3 is 0 Å². The standard InChI is InChI=1S/C6H5FN/c1-5-2-3-6(7)8-4-5/h2-3H,1H3. The van der Waals surface area contributed by atoms with Crippen molar-refractivity contribution in [2.45, 2.75) is 6.92 Å². The van der Waals surface area contributed by atoms with Crippen LogP contribution in [0.1, 0.15) is 5.56 Å². The van der Waals surface area contributed by atoms with Gasteiger partial charge in [-0.15, -0.1) is 0 Å². The second-order valence-electron chi connectivity index (χ2n) is 1.56. The van der Waals surface area contributed by atoms with Gasteiger partial charge in [0.25, 0.3) is 0 Å². The molecule has 0 saturated carbocycles. The predicted octanol–water partition coefficient (Wildman–Crippen LogP) is 1.33. The summed E-state index contributed by atoms with van der Waals surface area (Å²) in [6, 6.07) is 2.94. The molecule has 0 atom stereocenters. The van der Waals surface area contributed by atoms with Gasteiger partial charge in [0, 0.05) is 0 Å². The molecule has 1 rings (SSSR count). The molecule has 0 aromatic carbocycles. The highest BCUT2D eigenvalue weighted by Gasteiger charge is 1.86. The average Bonchev–Trinajstić information content (AvgIpc) is 1.77. The lowest BCUT2D eigenvalue weighted by Gasteiger charge is -1.85. The number of pyridine rings is 1. The zero-order chi connectivity index (χ0) is 5.98. The second kappa shape index (κ2) is 1.90. The summed E-state index contributed by atoms with van der Waals surface area (Å²) < 4.78 is 11.9.